The summed E-state index contributed by atoms with van der Waals surface area (Å²) in [4.78, 5) is 3.93. The third kappa shape index (κ3) is 0.989. The van der Waals surface area contributed by atoms with Crippen LogP contribution in [0.4, 0.5) is 0 Å². The standard InChI is InChI=1S/C5H5N2.Tl/c1-2-5-3-6-4-7-5;/h2-4H,1H2;/q-1;+1. The van der Waals surface area contributed by atoms with Crippen molar-refractivity contribution in [1.82, 2.24) is 7.36 Å². The molecule has 0 radical (unpaired) electrons. The van der Waals surface area contributed by atoms with Gasteiger partial charge in [-0.15, -0.1) is 0 Å². The fourth-order valence-corrected chi connectivity index (χ4v) is 1.44. The van der Waals surface area contributed by atoms with E-state index in [0.717, 1.165) is 31.8 Å². The first-order valence-corrected chi connectivity index (χ1v) is 4.25. The molecule has 0 aromatic carbocycles. The first-order chi connectivity index (χ1) is 3.84. The van der Waals surface area contributed by atoms with Crippen molar-refractivity contribution in [3.63, 3.8) is 0 Å². The Morgan fingerprint density at radius 3 is 2.88 bits per heavy atom. The van der Waals surface area contributed by atoms with E-state index in [2.05, 4.69) is 13.9 Å². The Labute approximate surface area is 64.3 Å². The van der Waals surface area contributed by atoms with Crippen LogP contribution in [-0.2, 0) is 0 Å². The number of rotatable bonds is 1. The van der Waals surface area contributed by atoms with Crippen LogP contribution in [0, 0.1) is 0 Å². The van der Waals surface area contributed by atoms with Crippen LogP contribution in [0.1, 0.15) is 5.69 Å². The van der Waals surface area contributed by atoms with E-state index in [-0.39, 0.29) is 0 Å². The summed E-state index contributed by atoms with van der Waals surface area (Å²) in [5, 5.41) is 0. The first kappa shape index (κ1) is 6.00. The average molecular weight is 297 g/mol. The van der Waals surface area contributed by atoms with E-state index in [1.54, 1.807) is 0 Å². The second-order valence-corrected chi connectivity index (χ2v) is 3.59. The molecule has 0 aliphatic heterocycles. The Kier molecular flexibility index (Phi) is 1.82. The van der Waals surface area contributed by atoms with Gasteiger partial charge in [-0.2, -0.15) is 0 Å². The van der Waals surface area contributed by atoms with Gasteiger partial charge in [-0.3, -0.25) is 0 Å². The molecule has 0 amide bonds. The summed E-state index contributed by atoms with van der Waals surface area (Å²) in [5.74, 6) is 0. The van der Waals surface area contributed by atoms with E-state index >= 15 is 0 Å². The van der Waals surface area contributed by atoms with Gasteiger partial charge < -0.3 is 0 Å². The maximum atomic E-state index is 3.93. The van der Waals surface area contributed by atoms with Crippen LogP contribution >= 0.6 is 0 Å². The van der Waals surface area contributed by atoms with Gasteiger partial charge in [0.15, 0.2) is 0 Å². The molecule has 0 saturated carbocycles. The molecule has 3 heteroatoms. The molecule has 0 fully saturated rings. The van der Waals surface area contributed by atoms with Gasteiger partial charge in [0.1, 0.15) is 0 Å². The van der Waals surface area contributed by atoms with Gasteiger partial charge in [0.2, 0.25) is 0 Å². The molecule has 1 aromatic rings. The van der Waals surface area contributed by atoms with Crippen LogP contribution in [0.3, 0.4) is 0 Å². The summed E-state index contributed by atoms with van der Waals surface area (Å²) in [7, 11) is 0. The fraction of sp³-hybridized carbons (Fsp3) is 0. The topological polar surface area (TPSA) is 17.8 Å². The molecule has 1 heterocycles. The van der Waals surface area contributed by atoms with Gasteiger partial charge in [-0.05, 0) is 0 Å². The van der Waals surface area contributed by atoms with Crippen molar-refractivity contribution >= 4 is 32.1 Å². The summed E-state index contributed by atoms with van der Waals surface area (Å²) in [6.07, 6.45) is 5.45. The number of hydrogen-bond acceptors (Lipinski definition) is 1. The molecule has 1 rings (SSSR count). The molecule has 0 aliphatic carbocycles. The van der Waals surface area contributed by atoms with Crippen molar-refractivity contribution in [2.45, 2.75) is 0 Å². The molecule has 0 bridgehead atoms. The molecule has 8 heavy (non-hydrogen) atoms. The summed E-state index contributed by atoms with van der Waals surface area (Å²) in [5.41, 5.74) is 1.12. The monoisotopic (exact) mass is 298 g/mol. The van der Waals surface area contributed by atoms with Crippen molar-refractivity contribution < 1.29 is 0 Å². The zero-order valence-corrected chi connectivity index (χ0v) is 8.90. The summed E-state index contributed by atoms with van der Waals surface area (Å²) in [6, 6.07) is 0. The van der Waals surface area contributed by atoms with Crippen LogP contribution in [0.5, 0.6) is 0 Å². The van der Waals surface area contributed by atoms with Gasteiger partial charge >= 0.3 is 64.3 Å². The minimum absolute atomic E-state index is 0.801. The van der Waals surface area contributed by atoms with Crippen LogP contribution in [0.25, 0.3) is 6.08 Å². The zero-order valence-electron chi connectivity index (χ0n) is 4.41. The second-order valence-electron chi connectivity index (χ2n) is 1.43. The Balaban J connectivity index is 3.09. The molecule has 0 atom stereocenters. The molecule has 0 unspecified atom stereocenters. The van der Waals surface area contributed by atoms with E-state index in [1.165, 1.54) is 0 Å². The van der Waals surface area contributed by atoms with E-state index in [0.29, 0.717) is 0 Å². The predicted molar refractivity (Wildman–Crippen MR) is 33.5 cm³/mol. The maximum absolute atomic E-state index is 3.93. The number of aromatic nitrogens is 2. The number of hydrogen-bond donors (Lipinski definition) is 0. The molecule has 0 N–H and O–H groups in total. The van der Waals surface area contributed by atoms with Crippen LogP contribution in [0.2, 0.25) is 0 Å². The van der Waals surface area contributed by atoms with E-state index in [4.69, 9.17) is 0 Å². The molecule has 0 aliphatic rings. The van der Waals surface area contributed by atoms with Gasteiger partial charge in [0.25, 0.3) is 0 Å². The Morgan fingerprint density at radius 2 is 2.62 bits per heavy atom. The quantitative estimate of drug-likeness (QED) is 0.689. The molecule has 2 nitrogen and oxygen atoms in total. The van der Waals surface area contributed by atoms with E-state index in [9.17, 15) is 0 Å². The molecule has 38 valence electrons. The summed E-state index contributed by atoms with van der Waals surface area (Å²) < 4.78 is 2.08. The van der Waals surface area contributed by atoms with Crippen LogP contribution < -0.4 is 0 Å². The van der Waals surface area contributed by atoms with Gasteiger partial charge in [0, 0.05) is 0 Å². The number of imidazole rings is 1. The molecule has 0 spiro atoms. The SMILES string of the molecule is C=Cc1cnc[n]1[Tl]. The molecular weight excluding hydrogens is 292 g/mol. The molecule has 0 saturated heterocycles. The third-order valence-electron chi connectivity index (χ3n) is 0.905. The van der Waals surface area contributed by atoms with Crippen molar-refractivity contribution in [3.8, 4) is 0 Å². The fourth-order valence-electron chi connectivity index (χ4n) is 0.473. The van der Waals surface area contributed by atoms with Gasteiger partial charge in [-0.1, -0.05) is 0 Å². The molecular formula is C5H5N2Tl. The van der Waals surface area contributed by atoms with Gasteiger partial charge in [-0.25, -0.2) is 0 Å². The first-order valence-electron chi connectivity index (χ1n) is 2.24. The van der Waals surface area contributed by atoms with E-state index < -0.39 is 0 Å². The van der Waals surface area contributed by atoms with Crippen molar-refractivity contribution in [2.24, 2.45) is 0 Å². The Bertz CT molecular complexity index is 192. The zero-order chi connectivity index (χ0) is 5.98. The molecule has 1 aromatic heterocycles. The van der Waals surface area contributed by atoms with Crippen LogP contribution in [-0.4, -0.2) is 33.4 Å². The normalized spacial score (nSPS) is 8.88. The van der Waals surface area contributed by atoms with Gasteiger partial charge in [0.05, 0.1) is 0 Å². The van der Waals surface area contributed by atoms with Crippen molar-refractivity contribution in [1.29, 1.82) is 0 Å². The second kappa shape index (κ2) is 2.43. The summed E-state index contributed by atoms with van der Waals surface area (Å²) >= 11 is 0.801. The Hall–Kier alpha value is -0.128. The Morgan fingerprint density at radius 1 is 1.88 bits per heavy atom. The number of nitrogens with zero attached hydrogens (tertiary/aromatic N) is 2. The summed E-state index contributed by atoms with van der Waals surface area (Å²) in [6.45, 7) is 3.63. The van der Waals surface area contributed by atoms with Crippen LogP contribution in [0.15, 0.2) is 19.1 Å². The third-order valence-corrected chi connectivity index (χ3v) is 2.58. The average Bonchev–Trinajstić information content (AvgIpc) is 2.14. The van der Waals surface area contributed by atoms with Crippen molar-refractivity contribution in [3.05, 3.63) is 24.8 Å². The van der Waals surface area contributed by atoms with E-state index in [1.807, 2.05) is 18.6 Å². The minimum atomic E-state index is 0.801. The van der Waals surface area contributed by atoms with Crippen molar-refractivity contribution in [2.75, 3.05) is 0 Å². The predicted octanol–water partition coefficient (Wildman–Crippen LogP) is 0.458.